The lowest BCUT2D eigenvalue weighted by atomic mass is 10.0. The minimum atomic E-state index is -0.845. The van der Waals surface area contributed by atoms with Gasteiger partial charge in [0.15, 0.2) is 11.6 Å². The van der Waals surface area contributed by atoms with Gasteiger partial charge in [0.05, 0.1) is 12.6 Å². The lowest BCUT2D eigenvalue weighted by Crippen LogP contribution is -2.42. The number of rotatable bonds is 4. The van der Waals surface area contributed by atoms with Gasteiger partial charge in [0.25, 0.3) is 0 Å². The maximum Gasteiger partial charge on any atom is 0.237 e. The van der Waals surface area contributed by atoms with Crippen molar-refractivity contribution in [2.24, 2.45) is 0 Å². The number of hydrogen-bond donors (Lipinski definition) is 0. The van der Waals surface area contributed by atoms with Gasteiger partial charge in [0.2, 0.25) is 5.91 Å². The van der Waals surface area contributed by atoms with Gasteiger partial charge in [-0.2, -0.15) is 11.8 Å². The molecule has 0 bridgehead atoms. The van der Waals surface area contributed by atoms with E-state index in [0.29, 0.717) is 24.7 Å². The van der Waals surface area contributed by atoms with Crippen LogP contribution >= 0.6 is 11.8 Å². The fourth-order valence-electron chi connectivity index (χ4n) is 3.43. The summed E-state index contributed by atoms with van der Waals surface area (Å²) in [6, 6.07) is 4.29. The number of nitrogens with zero attached hydrogens (tertiary/aromatic N) is 2. The van der Waals surface area contributed by atoms with Gasteiger partial charge in [-0.1, -0.05) is 6.07 Å². The molecule has 0 aromatic heterocycles. The molecule has 1 aromatic rings. The molecule has 3 rings (SSSR count). The van der Waals surface area contributed by atoms with Crippen molar-refractivity contribution in [1.82, 2.24) is 9.80 Å². The van der Waals surface area contributed by atoms with E-state index >= 15 is 0 Å². The smallest absolute Gasteiger partial charge is 0.237 e. The summed E-state index contributed by atoms with van der Waals surface area (Å²) in [5.41, 5.74) is 0.689. The van der Waals surface area contributed by atoms with E-state index in [1.165, 1.54) is 6.07 Å². The van der Waals surface area contributed by atoms with Crippen molar-refractivity contribution in [2.45, 2.75) is 31.3 Å². The van der Waals surface area contributed by atoms with Crippen molar-refractivity contribution < 1.29 is 13.6 Å². The molecule has 23 heavy (non-hydrogen) atoms. The average molecular weight is 340 g/mol. The molecule has 0 unspecified atom stereocenters. The Hall–Kier alpha value is -1.14. The third-order valence-electron chi connectivity index (χ3n) is 4.82. The van der Waals surface area contributed by atoms with Crippen molar-refractivity contribution in [2.75, 3.05) is 31.6 Å². The highest BCUT2D eigenvalue weighted by molar-refractivity contribution is 7.99. The molecule has 2 saturated heterocycles. The predicted octanol–water partition coefficient (Wildman–Crippen LogP) is 3.07. The highest BCUT2D eigenvalue weighted by Crippen LogP contribution is 2.33. The minimum Gasteiger partial charge on any atom is -0.335 e. The molecule has 126 valence electrons. The zero-order valence-electron chi connectivity index (χ0n) is 13.3. The third kappa shape index (κ3) is 3.69. The molecule has 0 saturated carbocycles. The molecule has 1 amide bonds. The molecule has 2 fully saturated rings. The maximum absolute atomic E-state index is 13.5. The lowest BCUT2D eigenvalue weighted by Gasteiger charge is -2.29. The van der Waals surface area contributed by atoms with Crippen LogP contribution in [0.1, 0.15) is 30.9 Å². The highest BCUT2D eigenvalue weighted by atomic mass is 32.2. The number of halogens is 2. The Morgan fingerprint density at radius 2 is 2.17 bits per heavy atom. The van der Waals surface area contributed by atoms with E-state index in [1.54, 1.807) is 6.07 Å². The number of amides is 1. The predicted molar refractivity (Wildman–Crippen MR) is 88.4 cm³/mol. The molecule has 0 aliphatic carbocycles. The molecule has 1 aromatic carbocycles. The monoisotopic (exact) mass is 340 g/mol. The minimum absolute atomic E-state index is 0.0802. The van der Waals surface area contributed by atoms with E-state index in [2.05, 4.69) is 4.90 Å². The molecule has 3 nitrogen and oxygen atoms in total. The quantitative estimate of drug-likeness (QED) is 0.842. The van der Waals surface area contributed by atoms with Crippen molar-refractivity contribution in [1.29, 1.82) is 0 Å². The van der Waals surface area contributed by atoms with E-state index < -0.39 is 11.6 Å². The third-order valence-corrected chi connectivity index (χ3v) is 5.96. The first-order valence-corrected chi connectivity index (χ1v) is 9.24. The van der Waals surface area contributed by atoms with Gasteiger partial charge in [0, 0.05) is 18.3 Å². The first-order chi connectivity index (χ1) is 11.1. The first kappa shape index (κ1) is 16.7. The second-order valence-electron chi connectivity index (χ2n) is 6.35. The zero-order valence-corrected chi connectivity index (χ0v) is 14.1. The number of carbonyl (C=O) groups excluding carboxylic acids is 1. The van der Waals surface area contributed by atoms with Crippen molar-refractivity contribution in [3.63, 3.8) is 0 Å². The number of likely N-dealkylation sites (tertiary alicyclic amines) is 1. The van der Waals surface area contributed by atoms with Crippen LogP contribution < -0.4 is 0 Å². The molecule has 0 spiro atoms. The molecular formula is C17H22F2N2OS. The molecular weight excluding hydrogens is 318 g/mol. The van der Waals surface area contributed by atoms with Gasteiger partial charge in [-0.15, -0.1) is 0 Å². The summed E-state index contributed by atoms with van der Waals surface area (Å²) >= 11 is 1.93. The summed E-state index contributed by atoms with van der Waals surface area (Å²) in [5, 5.41) is 0. The Balaban J connectivity index is 1.67. The van der Waals surface area contributed by atoms with Gasteiger partial charge in [-0.25, -0.2) is 8.78 Å². The van der Waals surface area contributed by atoms with E-state index in [1.807, 2.05) is 23.7 Å². The summed E-state index contributed by atoms with van der Waals surface area (Å²) in [6.45, 7) is 1.08. The standard InChI is InChI=1S/C17H22F2N2OS/c1-20(13-6-8-23-11-13)10-17(22)21-7-2-3-16(21)12-4-5-14(18)15(19)9-12/h4-5,9,13,16H,2-3,6-8,10-11H2,1H3/t13-,16-/m1/s1. The SMILES string of the molecule is CN(CC(=O)N1CCC[C@@H]1c1ccc(F)c(F)c1)[C@@H]1CCSC1. The van der Waals surface area contributed by atoms with Gasteiger partial charge >= 0.3 is 0 Å². The largest absolute Gasteiger partial charge is 0.335 e. The number of hydrogen-bond acceptors (Lipinski definition) is 3. The van der Waals surface area contributed by atoms with Crippen molar-refractivity contribution in [3.8, 4) is 0 Å². The van der Waals surface area contributed by atoms with Gasteiger partial charge in [0.1, 0.15) is 0 Å². The van der Waals surface area contributed by atoms with Crippen LogP contribution in [0, 0.1) is 11.6 Å². The van der Waals surface area contributed by atoms with Crippen LogP contribution in [0.5, 0.6) is 0 Å². The van der Waals surface area contributed by atoms with Crippen LogP contribution in [0.15, 0.2) is 18.2 Å². The second kappa shape index (κ2) is 7.18. The first-order valence-electron chi connectivity index (χ1n) is 8.08. The summed E-state index contributed by atoms with van der Waals surface area (Å²) < 4.78 is 26.6. The maximum atomic E-state index is 13.5. The number of carbonyl (C=O) groups is 1. The second-order valence-corrected chi connectivity index (χ2v) is 7.50. The normalized spacial score (nSPS) is 24.6. The summed E-state index contributed by atoms with van der Waals surface area (Å²) in [4.78, 5) is 16.6. The van der Waals surface area contributed by atoms with E-state index in [0.717, 1.165) is 36.8 Å². The molecule has 0 radical (unpaired) electrons. The van der Waals surface area contributed by atoms with Crippen LogP contribution in [0.3, 0.4) is 0 Å². The fourth-order valence-corrected chi connectivity index (χ4v) is 4.73. The summed E-state index contributed by atoms with van der Waals surface area (Å²) in [6.07, 6.45) is 2.83. The number of thioether (sulfide) groups is 1. The van der Waals surface area contributed by atoms with Crippen molar-refractivity contribution in [3.05, 3.63) is 35.4 Å². The van der Waals surface area contributed by atoms with Gasteiger partial charge < -0.3 is 4.90 Å². The van der Waals surface area contributed by atoms with E-state index in [-0.39, 0.29) is 11.9 Å². The number of likely N-dealkylation sites (N-methyl/N-ethyl adjacent to an activating group) is 1. The molecule has 2 aliphatic heterocycles. The Labute approximate surface area is 140 Å². The Kier molecular flexibility index (Phi) is 5.21. The Morgan fingerprint density at radius 3 is 2.87 bits per heavy atom. The molecule has 2 aliphatic rings. The molecule has 6 heteroatoms. The van der Waals surface area contributed by atoms with Crippen molar-refractivity contribution >= 4 is 17.7 Å². The fraction of sp³-hybridized carbons (Fsp3) is 0.588. The Morgan fingerprint density at radius 1 is 1.35 bits per heavy atom. The van der Waals surface area contributed by atoms with Crippen LogP contribution in [-0.2, 0) is 4.79 Å². The van der Waals surface area contributed by atoms with Gasteiger partial charge in [-0.3, -0.25) is 9.69 Å². The zero-order chi connectivity index (χ0) is 16.4. The van der Waals surface area contributed by atoms with Crippen LogP contribution in [0.4, 0.5) is 8.78 Å². The van der Waals surface area contributed by atoms with Crippen LogP contribution in [0.2, 0.25) is 0 Å². The van der Waals surface area contributed by atoms with Crippen LogP contribution in [-0.4, -0.2) is 53.4 Å². The molecule has 0 N–H and O–H groups in total. The molecule has 2 atom stereocenters. The topological polar surface area (TPSA) is 23.6 Å². The Bertz CT molecular complexity index is 578. The highest BCUT2D eigenvalue weighted by Gasteiger charge is 2.32. The number of benzene rings is 1. The average Bonchev–Trinajstić information content (AvgIpc) is 3.21. The van der Waals surface area contributed by atoms with Gasteiger partial charge in [-0.05, 0) is 49.8 Å². The lowest BCUT2D eigenvalue weighted by molar-refractivity contribution is -0.133. The summed E-state index contributed by atoms with van der Waals surface area (Å²) in [7, 11) is 2.00. The van der Waals surface area contributed by atoms with E-state index in [9.17, 15) is 13.6 Å². The van der Waals surface area contributed by atoms with Crippen LogP contribution in [0.25, 0.3) is 0 Å². The molecule has 2 heterocycles. The van der Waals surface area contributed by atoms with E-state index in [4.69, 9.17) is 0 Å². The summed E-state index contributed by atoms with van der Waals surface area (Å²) in [5.74, 6) is 0.627.